The van der Waals surface area contributed by atoms with Gasteiger partial charge < -0.3 is 14.3 Å². The predicted octanol–water partition coefficient (Wildman–Crippen LogP) is 7.25. The van der Waals surface area contributed by atoms with Crippen LogP contribution in [0.1, 0.15) is 5.56 Å². The second-order valence-electron chi connectivity index (χ2n) is 8.46. The summed E-state index contributed by atoms with van der Waals surface area (Å²) in [7, 11) is 0. The molecule has 6 nitrogen and oxygen atoms in total. The van der Waals surface area contributed by atoms with Crippen molar-refractivity contribution in [2.24, 2.45) is 0 Å². The number of nitrogens with zero attached hydrogens (tertiary/aromatic N) is 5. The third-order valence-corrected chi connectivity index (χ3v) is 7.02. The molecule has 0 saturated heterocycles. The SMILES string of the molecule is N#Cc1cccc2c1c1ccc(Oc3[c-]c(-c4cc5ncsc5cn4)ccc3F)[c-]c1n2-c1ccccn1.[Pt+2]. The Hall–Kier alpha value is -4.44. The van der Waals surface area contributed by atoms with Crippen LogP contribution in [0.25, 0.3) is 49.1 Å². The third-order valence-electron chi connectivity index (χ3n) is 6.24. The smallest absolute Gasteiger partial charge is 0.500 e. The fourth-order valence-corrected chi connectivity index (χ4v) is 5.17. The zero-order chi connectivity index (χ0) is 25.6. The Balaban J connectivity index is 0.00000277. The predicted molar refractivity (Wildman–Crippen MR) is 144 cm³/mol. The van der Waals surface area contributed by atoms with Gasteiger partial charge in [-0.25, -0.2) is 9.97 Å². The molecule has 39 heavy (non-hydrogen) atoms. The zero-order valence-corrected chi connectivity index (χ0v) is 22.9. The minimum absolute atomic E-state index is 0. The van der Waals surface area contributed by atoms with Crippen molar-refractivity contribution in [3.63, 3.8) is 0 Å². The van der Waals surface area contributed by atoms with Gasteiger partial charge in [0.05, 0.1) is 33.4 Å². The first kappa shape index (κ1) is 24.9. The maximum absolute atomic E-state index is 14.8. The molecule has 7 aromatic rings. The second-order valence-corrected chi connectivity index (χ2v) is 9.35. The van der Waals surface area contributed by atoms with E-state index in [0.29, 0.717) is 33.9 Å². The molecule has 0 bridgehead atoms. The summed E-state index contributed by atoms with van der Waals surface area (Å²) in [5, 5.41) is 11.4. The molecule has 0 N–H and O–H groups in total. The van der Waals surface area contributed by atoms with Crippen molar-refractivity contribution < 1.29 is 30.2 Å². The van der Waals surface area contributed by atoms with Gasteiger partial charge in [-0.3, -0.25) is 4.39 Å². The zero-order valence-electron chi connectivity index (χ0n) is 19.8. The molecule has 0 aliphatic rings. The minimum Gasteiger partial charge on any atom is -0.500 e. The molecular weight excluding hydrogens is 693 g/mol. The topological polar surface area (TPSA) is 76.6 Å². The summed E-state index contributed by atoms with van der Waals surface area (Å²) in [5.41, 5.74) is 5.79. The molecule has 0 spiro atoms. The van der Waals surface area contributed by atoms with Crippen LogP contribution in [-0.4, -0.2) is 19.5 Å². The number of thiazole rings is 1. The number of rotatable bonds is 4. The molecule has 0 aliphatic carbocycles. The number of fused-ring (bicyclic) bond motifs is 4. The number of benzene rings is 3. The van der Waals surface area contributed by atoms with Crippen LogP contribution in [0.4, 0.5) is 4.39 Å². The van der Waals surface area contributed by atoms with Crippen molar-refractivity contribution >= 4 is 43.4 Å². The van der Waals surface area contributed by atoms with Gasteiger partial charge >= 0.3 is 21.1 Å². The quantitative estimate of drug-likeness (QED) is 0.180. The molecular formula is C30H14FN5OPtS. The van der Waals surface area contributed by atoms with Gasteiger partial charge in [0, 0.05) is 29.2 Å². The van der Waals surface area contributed by atoms with E-state index in [0.717, 1.165) is 26.5 Å². The van der Waals surface area contributed by atoms with E-state index in [1.54, 1.807) is 36.1 Å². The fraction of sp³-hybridized carbons (Fsp3) is 0. The molecule has 0 saturated carbocycles. The Morgan fingerprint density at radius 3 is 2.74 bits per heavy atom. The minimum atomic E-state index is -0.561. The van der Waals surface area contributed by atoms with E-state index in [9.17, 15) is 9.65 Å². The number of pyridine rings is 2. The Labute approximate surface area is 240 Å². The van der Waals surface area contributed by atoms with Crippen molar-refractivity contribution in [1.29, 1.82) is 5.26 Å². The molecule has 0 aliphatic heterocycles. The Bertz CT molecular complexity index is 2050. The normalized spacial score (nSPS) is 11.0. The first-order chi connectivity index (χ1) is 18.7. The van der Waals surface area contributed by atoms with E-state index in [1.807, 2.05) is 47.0 Å². The van der Waals surface area contributed by atoms with Crippen molar-refractivity contribution in [3.05, 3.63) is 108 Å². The molecule has 0 amide bonds. The molecule has 0 radical (unpaired) electrons. The van der Waals surface area contributed by atoms with Gasteiger partial charge in [-0.05, 0) is 35.3 Å². The first-order valence-corrected chi connectivity index (χ1v) is 12.5. The summed E-state index contributed by atoms with van der Waals surface area (Å²) in [4.78, 5) is 13.3. The monoisotopic (exact) mass is 706 g/mol. The largest absolute Gasteiger partial charge is 2.00 e. The summed E-state index contributed by atoms with van der Waals surface area (Å²) in [6, 6.07) is 28.0. The number of aromatic nitrogens is 4. The van der Waals surface area contributed by atoms with Crippen LogP contribution in [-0.2, 0) is 21.1 Å². The Morgan fingerprint density at radius 1 is 0.974 bits per heavy atom. The summed E-state index contributed by atoms with van der Waals surface area (Å²) in [6.07, 6.45) is 3.45. The van der Waals surface area contributed by atoms with E-state index < -0.39 is 5.82 Å². The van der Waals surface area contributed by atoms with Crippen molar-refractivity contribution in [2.45, 2.75) is 0 Å². The molecule has 7 rings (SSSR count). The number of nitriles is 1. The summed E-state index contributed by atoms with van der Waals surface area (Å²) in [5.74, 6) is 0.330. The van der Waals surface area contributed by atoms with E-state index in [4.69, 9.17) is 4.74 Å². The van der Waals surface area contributed by atoms with Crippen molar-refractivity contribution in [2.75, 3.05) is 0 Å². The number of halogens is 1. The third kappa shape index (κ3) is 4.26. The maximum atomic E-state index is 14.8. The van der Waals surface area contributed by atoms with Crippen LogP contribution in [0.2, 0.25) is 0 Å². The summed E-state index contributed by atoms with van der Waals surface area (Å²) >= 11 is 1.51. The van der Waals surface area contributed by atoms with E-state index in [2.05, 4.69) is 33.2 Å². The molecule has 0 atom stereocenters. The van der Waals surface area contributed by atoms with Crippen LogP contribution in [0.15, 0.2) is 84.6 Å². The number of hydrogen-bond acceptors (Lipinski definition) is 6. The average Bonchev–Trinajstić information content (AvgIpc) is 3.56. The van der Waals surface area contributed by atoms with E-state index in [1.165, 1.54) is 17.4 Å². The molecule has 3 aromatic carbocycles. The van der Waals surface area contributed by atoms with E-state index >= 15 is 0 Å². The van der Waals surface area contributed by atoms with Crippen LogP contribution in [0.3, 0.4) is 0 Å². The van der Waals surface area contributed by atoms with Crippen LogP contribution < -0.4 is 4.74 Å². The van der Waals surface area contributed by atoms with Gasteiger partial charge in [0.25, 0.3) is 0 Å². The maximum Gasteiger partial charge on any atom is 2.00 e. The number of hydrogen-bond donors (Lipinski definition) is 0. The Morgan fingerprint density at radius 2 is 1.90 bits per heavy atom. The summed E-state index contributed by atoms with van der Waals surface area (Å²) < 4.78 is 23.7. The molecule has 9 heteroatoms. The van der Waals surface area contributed by atoms with Gasteiger partial charge in [-0.2, -0.15) is 11.3 Å². The van der Waals surface area contributed by atoms with Crippen molar-refractivity contribution in [1.82, 2.24) is 19.5 Å². The van der Waals surface area contributed by atoms with Crippen LogP contribution >= 0.6 is 11.3 Å². The molecule has 188 valence electrons. The Kier molecular flexibility index (Phi) is 6.40. The first-order valence-electron chi connectivity index (χ1n) is 11.6. The van der Waals surface area contributed by atoms with Gasteiger partial charge in [-0.15, -0.1) is 46.6 Å². The standard InChI is InChI=1S/C30H14FN5OS.Pt/c31-22-10-7-18(23-14-24-28(16-34-23)38-17-35-24)12-27(22)37-20-8-9-21-26(13-20)36(29-6-1-2-11-33-29)25-5-3-4-19(15-32)30(21)25;/h1-11,14,16-17H;/q-2;+2. The van der Waals surface area contributed by atoms with E-state index in [-0.39, 0.29) is 26.8 Å². The molecule has 4 aromatic heterocycles. The average molecular weight is 707 g/mol. The molecule has 0 unspecified atom stereocenters. The van der Waals surface area contributed by atoms with Gasteiger partial charge in [-0.1, -0.05) is 29.8 Å². The van der Waals surface area contributed by atoms with Gasteiger partial charge in [0.1, 0.15) is 5.82 Å². The van der Waals surface area contributed by atoms with Gasteiger partial charge in [0.2, 0.25) is 0 Å². The van der Waals surface area contributed by atoms with Gasteiger partial charge in [0.15, 0.2) is 0 Å². The second kappa shape index (κ2) is 10.0. The van der Waals surface area contributed by atoms with Crippen LogP contribution in [0.5, 0.6) is 11.5 Å². The van der Waals surface area contributed by atoms with Crippen molar-refractivity contribution in [3.8, 4) is 34.6 Å². The van der Waals surface area contributed by atoms with Crippen LogP contribution in [0, 0.1) is 29.3 Å². The molecule has 4 heterocycles. The number of ether oxygens (including phenoxy) is 1. The summed E-state index contributed by atoms with van der Waals surface area (Å²) in [6.45, 7) is 0. The fourth-order valence-electron chi connectivity index (χ4n) is 4.55. The molecule has 0 fully saturated rings.